The van der Waals surface area contributed by atoms with Crippen molar-refractivity contribution in [3.8, 4) is 18.1 Å². The van der Waals surface area contributed by atoms with Gasteiger partial charge in [-0.3, -0.25) is 5.32 Å². The predicted octanol–water partition coefficient (Wildman–Crippen LogP) is -0.220. The number of ether oxygens (including phenoxy) is 2. The van der Waals surface area contributed by atoms with E-state index in [-0.39, 0.29) is 22.9 Å². The van der Waals surface area contributed by atoms with Crippen molar-refractivity contribution >= 4 is 23.9 Å². The molecule has 1 fully saturated rings. The quantitative estimate of drug-likeness (QED) is 0.0833. The van der Waals surface area contributed by atoms with Crippen LogP contribution in [0.25, 0.3) is 0 Å². The fraction of sp³-hybridized carbons (Fsp3) is 0.579. The number of aliphatic hydroxyl groups is 4. The summed E-state index contributed by atoms with van der Waals surface area (Å²) in [6.07, 6.45) is -0.706. The van der Waals surface area contributed by atoms with Crippen molar-refractivity contribution < 1.29 is 44.3 Å². The van der Waals surface area contributed by atoms with E-state index in [1.807, 2.05) is 0 Å². The van der Waals surface area contributed by atoms with Crippen LogP contribution in [0, 0.1) is 12.3 Å². The van der Waals surface area contributed by atoms with Gasteiger partial charge in [0.05, 0.1) is 6.10 Å². The highest BCUT2D eigenvalue weighted by Crippen LogP contribution is 2.51. The number of aliphatic hydroxyl groups excluding tert-OH is 4. The molecule has 11 nitrogen and oxygen atoms in total. The average molecular weight is 492 g/mol. The van der Waals surface area contributed by atoms with Crippen LogP contribution in [0.5, 0.6) is 5.75 Å². The highest BCUT2D eigenvalue weighted by Gasteiger charge is 2.45. The Balaban J connectivity index is 1.88. The molecule has 13 heteroatoms. The lowest BCUT2D eigenvalue weighted by Gasteiger charge is -2.40. The highest BCUT2D eigenvalue weighted by atomic mass is 32.7. The van der Waals surface area contributed by atoms with Gasteiger partial charge in [-0.15, -0.1) is 12.3 Å². The van der Waals surface area contributed by atoms with Crippen LogP contribution < -0.4 is 15.4 Å². The van der Waals surface area contributed by atoms with Crippen LogP contribution in [0.1, 0.15) is 19.3 Å². The number of hydrogen-bond donors (Lipinski definition) is 8. The van der Waals surface area contributed by atoms with Gasteiger partial charge >= 0.3 is 6.80 Å². The normalized spacial score (nSPS) is 26.8. The molecule has 2 rings (SSSR count). The van der Waals surface area contributed by atoms with Crippen molar-refractivity contribution in [2.75, 3.05) is 17.6 Å². The van der Waals surface area contributed by atoms with E-state index in [1.165, 1.54) is 12.1 Å². The summed E-state index contributed by atoms with van der Waals surface area (Å²) >= 11 is 0.259. The predicted molar refractivity (Wildman–Crippen MR) is 119 cm³/mol. The smallest absolute Gasteiger partial charge is 0.384 e. The Kier molecular flexibility index (Phi) is 10.7. The Bertz CT molecular complexity index is 788. The van der Waals surface area contributed by atoms with E-state index >= 15 is 0 Å². The van der Waals surface area contributed by atoms with Gasteiger partial charge in [-0.25, -0.2) is 4.57 Å². The Morgan fingerprint density at radius 2 is 1.84 bits per heavy atom. The summed E-state index contributed by atoms with van der Waals surface area (Å²) < 4.78 is 22.0. The molecule has 32 heavy (non-hydrogen) atoms. The van der Waals surface area contributed by atoms with Gasteiger partial charge in [-0.1, -0.05) is 0 Å². The molecule has 0 aromatic heterocycles. The second-order valence-corrected chi connectivity index (χ2v) is 10.9. The third-order valence-corrected chi connectivity index (χ3v) is 6.84. The van der Waals surface area contributed by atoms with E-state index in [0.717, 1.165) is 12.8 Å². The fourth-order valence-electron chi connectivity index (χ4n) is 2.89. The molecule has 1 saturated heterocycles. The van der Waals surface area contributed by atoms with Gasteiger partial charge in [0.2, 0.25) is 6.29 Å². The molecule has 1 aromatic carbocycles. The zero-order valence-corrected chi connectivity index (χ0v) is 18.9. The van der Waals surface area contributed by atoms with Crippen molar-refractivity contribution in [1.82, 2.24) is 5.32 Å². The van der Waals surface area contributed by atoms with Crippen LogP contribution in [0.4, 0.5) is 5.69 Å². The summed E-state index contributed by atoms with van der Waals surface area (Å²) in [7, 11) is 0. The Morgan fingerprint density at radius 3 is 2.47 bits per heavy atom. The van der Waals surface area contributed by atoms with Crippen molar-refractivity contribution in [2.24, 2.45) is 0 Å². The third kappa shape index (κ3) is 8.88. The van der Waals surface area contributed by atoms with E-state index < -0.39 is 43.9 Å². The first-order chi connectivity index (χ1) is 15.1. The van der Waals surface area contributed by atoms with E-state index in [9.17, 15) is 25.0 Å². The van der Waals surface area contributed by atoms with Gasteiger partial charge in [-0.2, -0.15) is 0 Å². The molecule has 0 saturated carbocycles. The maximum atomic E-state index is 11.0. The molecule has 1 aliphatic rings. The summed E-state index contributed by atoms with van der Waals surface area (Å²) in [4.78, 5) is 18.0. The van der Waals surface area contributed by atoms with E-state index in [1.54, 1.807) is 12.1 Å². The largest absolute Gasteiger partial charge is 0.462 e. The molecule has 1 aliphatic heterocycles. The lowest BCUT2D eigenvalue weighted by molar-refractivity contribution is -0.266. The van der Waals surface area contributed by atoms with E-state index in [2.05, 4.69) is 16.6 Å². The molecule has 0 aliphatic carbocycles. The minimum Gasteiger partial charge on any atom is -0.462 e. The maximum Gasteiger partial charge on any atom is 0.384 e. The van der Waals surface area contributed by atoms with Crippen molar-refractivity contribution in [2.45, 2.75) is 56.3 Å². The maximum absolute atomic E-state index is 11.0. The lowest BCUT2D eigenvalue weighted by atomic mass is 10.00. The van der Waals surface area contributed by atoms with Crippen LogP contribution in [-0.2, 0) is 9.30 Å². The first-order valence-corrected chi connectivity index (χ1v) is 13.1. The topological polar surface area (TPSA) is 181 Å². The molecular weight excluding hydrogens is 463 g/mol. The summed E-state index contributed by atoms with van der Waals surface area (Å²) in [6, 6.07) is 6.30. The first-order valence-electron chi connectivity index (χ1n) is 9.88. The Hall–Kier alpha value is -1.36. The highest BCUT2D eigenvalue weighted by molar-refractivity contribution is 8.54. The van der Waals surface area contributed by atoms with Crippen molar-refractivity contribution in [1.29, 1.82) is 0 Å². The van der Waals surface area contributed by atoms with Gasteiger partial charge in [0.1, 0.15) is 24.1 Å². The van der Waals surface area contributed by atoms with Gasteiger partial charge in [0.15, 0.2) is 6.35 Å². The summed E-state index contributed by atoms with van der Waals surface area (Å²) in [5, 5.41) is 45.9. The summed E-state index contributed by atoms with van der Waals surface area (Å²) in [5.41, 5.74) is 0.581. The number of nitrogens with one attached hydrogen (secondary N) is 2. The number of hydrogen-bond acceptors (Lipinski definition) is 10. The van der Waals surface area contributed by atoms with Gasteiger partial charge in [-0.05, 0) is 55.0 Å². The number of unbranched alkanes of at least 4 members (excludes halogenated alkanes) is 2. The molecule has 0 radical (unpaired) electrons. The average Bonchev–Trinajstić information content (AvgIpc) is 2.74. The van der Waals surface area contributed by atoms with Crippen molar-refractivity contribution in [3.63, 3.8) is 0 Å². The number of anilines is 1. The molecule has 6 atom stereocenters. The molecule has 180 valence electrons. The molecule has 0 amide bonds. The molecule has 1 heterocycles. The molecule has 1 aromatic rings. The van der Waals surface area contributed by atoms with Crippen LogP contribution in [0.15, 0.2) is 24.3 Å². The molecule has 1 unspecified atom stereocenters. The number of benzene rings is 1. The van der Waals surface area contributed by atoms with Gasteiger partial charge in [0.25, 0.3) is 0 Å². The zero-order chi connectivity index (χ0) is 23.7. The van der Waals surface area contributed by atoms with E-state index in [4.69, 9.17) is 25.7 Å². The van der Waals surface area contributed by atoms with Crippen LogP contribution >= 0.6 is 18.2 Å². The number of terminal acetylenes is 1. The third-order valence-electron chi connectivity index (χ3n) is 4.57. The monoisotopic (exact) mass is 492 g/mol. The van der Waals surface area contributed by atoms with Gasteiger partial charge in [0, 0.05) is 17.9 Å². The molecule has 0 spiro atoms. The fourth-order valence-corrected chi connectivity index (χ4v) is 4.53. The lowest BCUT2D eigenvalue weighted by Crippen LogP contribution is -2.59. The summed E-state index contributed by atoms with van der Waals surface area (Å²) in [6.45, 7) is -3.82. The zero-order valence-electron chi connectivity index (χ0n) is 17.1. The minimum absolute atomic E-state index is 0.259. The standard InChI is InChI=1S/C19H29N2O9PS/c1-2-3-4-5-10-20-19(25)21-12-6-8-13(9-7-12)29-18-17(24)16(23)15(22)14(30-18)11-32-31(26,27)28/h1,6-9,14-25H,3-5,10-11H2,(H2,26,27,28)/t14-,15-,16+,17+,18+,19?/m1/s1. The van der Waals surface area contributed by atoms with Crippen molar-refractivity contribution in [3.05, 3.63) is 24.3 Å². The SMILES string of the molecule is C#CCCCCNC(O)Nc1ccc(O[C@H]2O[C@H](CSP(=O)(O)O)[C@@H](O)[C@H](O)[C@@H]2O)cc1. The van der Waals surface area contributed by atoms with Gasteiger partial charge < -0.3 is 45.0 Å². The Morgan fingerprint density at radius 1 is 1.16 bits per heavy atom. The van der Waals surface area contributed by atoms with E-state index in [0.29, 0.717) is 18.7 Å². The second kappa shape index (κ2) is 12.8. The first kappa shape index (κ1) is 26.9. The van der Waals surface area contributed by atoms with Crippen LogP contribution in [-0.4, -0.2) is 79.6 Å². The minimum atomic E-state index is -4.41. The number of rotatable bonds is 12. The molecule has 0 bridgehead atoms. The summed E-state index contributed by atoms with van der Waals surface area (Å²) in [5.74, 6) is 2.50. The molecular formula is C19H29N2O9PS. The Labute approximate surface area is 190 Å². The molecule has 8 N–H and O–H groups in total. The van der Waals surface area contributed by atoms with Crippen LogP contribution in [0.3, 0.4) is 0 Å². The van der Waals surface area contributed by atoms with Crippen LogP contribution in [0.2, 0.25) is 0 Å². The second-order valence-electron chi connectivity index (χ2n) is 7.11.